The Bertz CT molecular complexity index is 654. The van der Waals surface area contributed by atoms with Crippen molar-refractivity contribution in [3.63, 3.8) is 0 Å². The van der Waals surface area contributed by atoms with Crippen molar-refractivity contribution in [1.82, 2.24) is 0 Å². The number of aryl methyl sites for hydroxylation is 1. The zero-order valence-corrected chi connectivity index (χ0v) is 13.0. The third kappa shape index (κ3) is 2.48. The average Bonchev–Trinajstić information content (AvgIpc) is 2.90. The Hall–Kier alpha value is -1.70. The van der Waals surface area contributed by atoms with Crippen LogP contribution in [0.3, 0.4) is 0 Å². The zero-order chi connectivity index (χ0) is 15.2. The normalized spacial score (nSPS) is 29.4. The second-order valence-corrected chi connectivity index (χ2v) is 6.99. The summed E-state index contributed by atoms with van der Waals surface area (Å²) in [5.74, 6) is 0.990. The van der Waals surface area contributed by atoms with Crippen molar-refractivity contribution < 1.29 is 9.59 Å². The lowest BCUT2D eigenvalue weighted by atomic mass is 9.82. The molecule has 2 nitrogen and oxygen atoms in total. The first-order valence-electron chi connectivity index (χ1n) is 7.74. The third-order valence-electron chi connectivity index (χ3n) is 5.12. The van der Waals surface area contributed by atoms with Crippen molar-refractivity contribution in [2.75, 3.05) is 0 Å². The van der Waals surface area contributed by atoms with Gasteiger partial charge in [0.05, 0.1) is 0 Å². The third-order valence-corrected chi connectivity index (χ3v) is 5.12. The number of benzene rings is 1. The number of allylic oxidation sites excluding steroid dienone is 1. The molecule has 0 aliphatic heterocycles. The molecule has 3 rings (SSSR count). The quantitative estimate of drug-likeness (QED) is 0.788. The minimum Gasteiger partial charge on any atom is -0.300 e. The SMILES string of the molecule is CC(=O)Cc1ccc(/C=C2/C(=O)C3(C)CCC2C3)cc1C. The van der Waals surface area contributed by atoms with Crippen LogP contribution in [0.25, 0.3) is 6.08 Å². The highest BCUT2D eigenvalue weighted by atomic mass is 16.1. The van der Waals surface area contributed by atoms with Gasteiger partial charge in [-0.25, -0.2) is 0 Å². The minimum absolute atomic E-state index is 0.0971. The first-order chi connectivity index (χ1) is 9.89. The molecule has 2 aliphatic rings. The summed E-state index contributed by atoms with van der Waals surface area (Å²) < 4.78 is 0. The Labute approximate surface area is 126 Å². The van der Waals surface area contributed by atoms with Gasteiger partial charge in [0.2, 0.25) is 0 Å². The molecule has 0 radical (unpaired) electrons. The van der Waals surface area contributed by atoms with E-state index in [-0.39, 0.29) is 11.2 Å². The predicted molar refractivity (Wildman–Crippen MR) is 84.0 cm³/mol. The molecular formula is C19H22O2. The molecule has 2 fully saturated rings. The van der Waals surface area contributed by atoms with E-state index < -0.39 is 0 Å². The van der Waals surface area contributed by atoms with Crippen LogP contribution >= 0.6 is 0 Å². The zero-order valence-electron chi connectivity index (χ0n) is 13.0. The second-order valence-electron chi connectivity index (χ2n) is 6.99. The Morgan fingerprint density at radius 3 is 2.76 bits per heavy atom. The molecule has 2 aliphatic carbocycles. The van der Waals surface area contributed by atoms with Gasteiger partial charge < -0.3 is 0 Å². The van der Waals surface area contributed by atoms with Crippen LogP contribution in [0.2, 0.25) is 0 Å². The molecule has 0 saturated heterocycles. The molecule has 2 bridgehead atoms. The number of rotatable bonds is 3. The van der Waals surface area contributed by atoms with Crippen molar-refractivity contribution in [1.29, 1.82) is 0 Å². The van der Waals surface area contributed by atoms with E-state index in [1.54, 1.807) is 6.92 Å². The van der Waals surface area contributed by atoms with Gasteiger partial charge in [-0.15, -0.1) is 0 Å². The molecule has 2 atom stereocenters. The Kier molecular flexibility index (Phi) is 3.35. The number of hydrogen-bond donors (Lipinski definition) is 0. The van der Waals surface area contributed by atoms with Gasteiger partial charge in [-0.2, -0.15) is 0 Å². The van der Waals surface area contributed by atoms with Crippen LogP contribution in [0.15, 0.2) is 23.8 Å². The summed E-state index contributed by atoms with van der Waals surface area (Å²) in [7, 11) is 0. The highest BCUT2D eigenvalue weighted by molar-refractivity contribution is 6.06. The number of carbonyl (C=O) groups excluding carboxylic acids is 2. The van der Waals surface area contributed by atoms with Crippen LogP contribution in [0, 0.1) is 18.3 Å². The standard InChI is InChI=1S/C19H22O2/c1-12-8-14(4-5-15(12)9-13(2)20)10-17-16-6-7-19(3,11-16)18(17)21/h4-5,8,10,16H,6-7,9,11H2,1-3H3/b17-10+. The summed E-state index contributed by atoms with van der Waals surface area (Å²) in [6.07, 6.45) is 5.78. The molecule has 110 valence electrons. The van der Waals surface area contributed by atoms with Crippen LogP contribution < -0.4 is 0 Å². The lowest BCUT2D eigenvalue weighted by Gasteiger charge is -2.20. The smallest absolute Gasteiger partial charge is 0.165 e. The van der Waals surface area contributed by atoms with Crippen LogP contribution in [0.5, 0.6) is 0 Å². The van der Waals surface area contributed by atoms with E-state index in [2.05, 4.69) is 19.1 Å². The molecule has 1 aromatic rings. The highest BCUT2D eigenvalue weighted by Gasteiger charge is 2.51. The Morgan fingerprint density at radius 1 is 1.43 bits per heavy atom. The number of fused-ring (bicyclic) bond motifs is 2. The van der Waals surface area contributed by atoms with Gasteiger partial charge in [0.15, 0.2) is 5.78 Å². The number of carbonyl (C=O) groups is 2. The summed E-state index contributed by atoms with van der Waals surface area (Å²) in [6, 6.07) is 6.13. The van der Waals surface area contributed by atoms with Crippen molar-refractivity contribution in [3.05, 3.63) is 40.5 Å². The van der Waals surface area contributed by atoms with E-state index in [1.807, 2.05) is 19.1 Å². The molecular weight excluding hydrogens is 260 g/mol. The summed E-state index contributed by atoms with van der Waals surface area (Å²) >= 11 is 0. The Balaban J connectivity index is 1.89. The maximum atomic E-state index is 12.5. The average molecular weight is 282 g/mol. The summed E-state index contributed by atoms with van der Waals surface area (Å²) in [6.45, 7) is 5.76. The fraction of sp³-hybridized carbons (Fsp3) is 0.474. The lowest BCUT2D eigenvalue weighted by molar-refractivity contribution is -0.122. The lowest BCUT2D eigenvalue weighted by Crippen LogP contribution is -2.22. The topological polar surface area (TPSA) is 34.1 Å². The largest absolute Gasteiger partial charge is 0.300 e. The molecule has 2 heteroatoms. The van der Waals surface area contributed by atoms with Gasteiger partial charge in [-0.3, -0.25) is 9.59 Å². The van der Waals surface area contributed by atoms with E-state index in [0.717, 1.165) is 41.5 Å². The molecule has 0 heterocycles. The molecule has 2 saturated carbocycles. The number of Topliss-reactive ketones (excluding diaryl/α,β-unsaturated/α-hetero) is 2. The number of ketones is 2. The van der Waals surface area contributed by atoms with Crippen molar-refractivity contribution in [2.24, 2.45) is 11.3 Å². The molecule has 21 heavy (non-hydrogen) atoms. The molecule has 2 unspecified atom stereocenters. The molecule has 0 amide bonds. The molecule has 0 spiro atoms. The van der Waals surface area contributed by atoms with Crippen LogP contribution in [-0.2, 0) is 16.0 Å². The summed E-state index contributed by atoms with van der Waals surface area (Å²) in [4.78, 5) is 23.7. The van der Waals surface area contributed by atoms with Crippen LogP contribution in [0.4, 0.5) is 0 Å². The van der Waals surface area contributed by atoms with Gasteiger partial charge in [0.25, 0.3) is 0 Å². The van der Waals surface area contributed by atoms with Crippen molar-refractivity contribution in [3.8, 4) is 0 Å². The fourth-order valence-electron chi connectivity index (χ4n) is 3.88. The molecule has 1 aromatic carbocycles. The van der Waals surface area contributed by atoms with E-state index in [9.17, 15) is 9.59 Å². The van der Waals surface area contributed by atoms with Crippen LogP contribution in [0.1, 0.15) is 49.8 Å². The minimum atomic E-state index is -0.0971. The number of hydrogen-bond acceptors (Lipinski definition) is 2. The van der Waals surface area contributed by atoms with Gasteiger partial charge in [0.1, 0.15) is 5.78 Å². The first-order valence-corrected chi connectivity index (χ1v) is 7.74. The first kappa shape index (κ1) is 14.2. The van der Waals surface area contributed by atoms with Gasteiger partial charge in [-0.05, 0) is 67.4 Å². The fourth-order valence-corrected chi connectivity index (χ4v) is 3.88. The molecule has 0 aromatic heterocycles. The van der Waals surface area contributed by atoms with Crippen LogP contribution in [-0.4, -0.2) is 11.6 Å². The summed E-state index contributed by atoms with van der Waals surface area (Å²) in [5, 5.41) is 0. The van der Waals surface area contributed by atoms with Gasteiger partial charge in [0, 0.05) is 11.8 Å². The maximum absolute atomic E-state index is 12.5. The van der Waals surface area contributed by atoms with E-state index in [4.69, 9.17) is 0 Å². The van der Waals surface area contributed by atoms with E-state index in [1.165, 1.54) is 0 Å². The monoisotopic (exact) mass is 282 g/mol. The van der Waals surface area contributed by atoms with Gasteiger partial charge >= 0.3 is 0 Å². The Morgan fingerprint density at radius 2 is 2.19 bits per heavy atom. The van der Waals surface area contributed by atoms with Crippen molar-refractivity contribution in [2.45, 2.75) is 46.5 Å². The maximum Gasteiger partial charge on any atom is 0.165 e. The summed E-state index contributed by atoms with van der Waals surface area (Å²) in [5.41, 5.74) is 4.21. The van der Waals surface area contributed by atoms with Gasteiger partial charge in [-0.1, -0.05) is 25.1 Å². The van der Waals surface area contributed by atoms with E-state index in [0.29, 0.717) is 18.1 Å². The highest BCUT2D eigenvalue weighted by Crippen LogP contribution is 2.54. The van der Waals surface area contributed by atoms with Crippen molar-refractivity contribution >= 4 is 17.6 Å². The predicted octanol–water partition coefficient (Wildman–Crippen LogP) is 3.90. The van der Waals surface area contributed by atoms with E-state index >= 15 is 0 Å². The molecule has 0 N–H and O–H groups in total. The second kappa shape index (κ2) is 4.94.